The normalized spacial score (nSPS) is 13.9. The molecule has 4 aromatic rings. The molecule has 11 nitrogen and oxygen atoms in total. The summed E-state index contributed by atoms with van der Waals surface area (Å²) in [6.07, 6.45) is 4.91. The highest BCUT2D eigenvalue weighted by Gasteiger charge is 2.22. The molecule has 0 aliphatic carbocycles. The second-order valence-electron chi connectivity index (χ2n) is 8.52. The SMILES string of the molecule is CC(C)[C@H](Nc1ncnc2[nH]c(-c3cnn(CC(N)=O)c3)cc12)c1ccc2c(c1)NC(=O)CO2. The Bertz CT molecular complexity index is 1390. The van der Waals surface area contributed by atoms with E-state index in [-0.39, 0.29) is 31.0 Å². The van der Waals surface area contributed by atoms with Crippen LogP contribution < -0.4 is 21.1 Å². The average molecular weight is 460 g/mol. The molecule has 2 amide bonds. The number of carbonyl (C=O) groups excluding carboxylic acids is 2. The van der Waals surface area contributed by atoms with E-state index in [1.807, 2.05) is 24.3 Å². The predicted octanol–water partition coefficient (Wildman–Crippen LogP) is 2.45. The van der Waals surface area contributed by atoms with Crippen LogP contribution in [0.25, 0.3) is 22.3 Å². The van der Waals surface area contributed by atoms with Crippen molar-refractivity contribution in [2.75, 3.05) is 17.2 Å². The number of rotatable bonds is 7. The van der Waals surface area contributed by atoms with E-state index in [1.165, 1.54) is 11.0 Å². The monoisotopic (exact) mass is 460 g/mol. The molecular formula is C23H24N8O3. The second-order valence-corrected chi connectivity index (χ2v) is 8.52. The Labute approximate surface area is 194 Å². The molecule has 0 radical (unpaired) electrons. The summed E-state index contributed by atoms with van der Waals surface area (Å²) in [5.74, 6) is 0.914. The number of hydrogen-bond acceptors (Lipinski definition) is 7. The second kappa shape index (κ2) is 8.50. The summed E-state index contributed by atoms with van der Waals surface area (Å²) in [7, 11) is 0. The lowest BCUT2D eigenvalue weighted by atomic mass is 9.95. The molecule has 4 heterocycles. The first kappa shape index (κ1) is 21.4. The van der Waals surface area contributed by atoms with Gasteiger partial charge in [-0.2, -0.15) is 5.10 Å². The van der Waals surface area contributed by atoms with Gasteiger partial charge in [-0.05, 0) is 29.7 Å². The van der Waals surface area contributed by atoms with E-state index in [0.29, 0.717) is 22.9 Å². The number of anilines is 2. The number of ether oxygens (including phenoxy) is 1. The Morgan fingerprint density at radius 1 is 1.29 bits per heavy atom. The van der Waals surface area contributed by atoms with Crippen molar-refractivity contribution in [3.63, 3.8) is 0 Å². The van der Waals surface area contributed by atoms with Crippen molar-refractivity contribution in [2.45, 2.75) is 26.4 Å². The summed E-state index contributed by atoms with van der Waals surface area (Å²) >= 11 is 0. The van der Waals surface area contributed by atoms with Crippen LogP contribution in [0, 0.1) is 5.92 Å². The van der Waals surface area contributed by atoms with Crippen LogP contribution in [0.2, 0.25) is 0 Å². The minimum Gasteiger partial charge on any atom is -0.482 e. The lowest BCUT2D eigenvalue weighted by Gasteiger charge is -2.26. The maximum atomic E-state index is 11.8. The third kappa shape index (κ3) is 4.15. The van der Waals surface area contributed by atoms with Gasteiger partial charge in [-0.3, -0.25) is 14.3 Å². The van der Waals surface area contributed by atoms with Crippen LogP contribution >= 0.6 is 0 Å². The highest BCUT2D eigenvalue weighted by atomic mass is 16.5. The molecule has 1 aliphatic heterocycles. The minimum absolute atomic E-state index is 0.00911. The number of nitrogens with two attached hydrogens (primary N) is 1. The number of fused-ring (bicyclic) bond motifs is 2. The first-order valence-electron chi connectivity index (χ1n) is 10.9. The lowest BCUT2D eigenvalue weighted by Crippen LogP contribution is -2.26. The molecule has 5 rings (SSSR count). The Balaban J connectivity index is 1.46. The third-order valence-corrected chi connectivity index (χ3v) is 5.64. The summed E-state index contributed by atoms with van der Waals surface area (Å²) in [6.45, 7) is 4.25. The van der Waals surface area contributed by atoms with Crippen molar-refractivity contribution in [2.24, 2.45) is 11.7 Å². The number of H-pyrrole nitrogens is 1. The standard InChI is InChI=1S/C23H24N8O3/c1-12(2)21(13-3-4-18-17(5-13)28-20(33)10-34-18)30-23-15-6-16(29-22(15)25-11-26-23)14-7-27-31(8-14)9-19(24)32/h3-8,11-12,21H,9-10H2,1-2H3,(H2,24,32)(H,28,33)(H2,25,26,29,30)/t21-/m0/s1. The highest BCUT2D eigenvalue weighted by Crippen LogP contribution is 2.35. The molecule has 0 fully saturated rings. The molecule has 11 heteroatoms. The Morgan fingerprint density at radius 2 is 2.15 bits per heavy atom. The van der Waals surface area contributed by atoms with Gasteiger partial charge in [-0.25, -0.2) is 9.97 Å². The van der Waals surface area contributed by atoms with Crippen LogP contribution in [0.4, 0.5) is 11.5 Å². The van der Waals surface area contributed by atoms with Gasteiger partial charge in [0.15, 0.2) is 6.61 Å². The molecule has 0 spiro atoms. The molecule has 3 aromatic heterocycles. The zero-order valence-corrected chi connectivity index (χ0v) is 18.7. The van der Waals surface area contributed by atoms with E-state index < -0.39 is 5.91 Å². The van der Waals surface area contributed by atoms with Gasteiger partial charge in [0.25, 0.3) is 5.91 Å². The molecular weight excluding hydrogens is 436 g/mol. The molecule has 5 N–H and O–H groups in total. The maximum Gasteiger partial charge on any atom is 0.262 e. The third-order valence-electron chi connectivity index (χ3n) is 5.64. The molecule has 0 saturated heterocycles. The van der Waals surface area contributed by atoms with Gasteiger partial charge in [-0.1, -0.05) is 19.9 Å². The summed E-state index contributed by atoms with van der Waals surface area (Å²) in [6, 6.07) is 7.65. The predicted molar refractivity (Wildman–Crippen MR) is 126 cm³/mol. The van der Waals surface area contributed by atoms with Crippen molar-refractivity contribution in [3.05, 3.63) is 48.5 Å². The number of aromatic amines is 1. The van der Waals surface area contributed by atoms with E-state index in [4.69, 9.17) is 10.5 Å². The van der Waals surface area contributed by atoms with Gasteiger partial charge < -0.3 is 26.1 Å². The number of nitrogens with zero attached hydrogens (tertiary/aromatic N) is 4. The number of nitrogens with one attached hydrogen (secondary N) is 3. The van der Waals surface area contributed by atoms with E-state index in [1.54, 1.807) is 12.4 Å². The zero-order valence-electron chi connectivity index (χ0n) is 18.7. The van der Waals surface area contributed by atoms with Gasteiger partial charge in [0.05, 0.1) is 29.0 Å². The lowest BCUT2D eigenvalue weighted by molar-refractivity contribution is -0.119. The summed E-state index contributed by atoms with van der Waals surface area (Å²) in [4.78, 5) is 35.1. The number of amides is 2. The number of hydrogen-bond donors (Lipinski definition) is 4. The zero-order chi connectivity index (χ0) is 23.8. The van der Waals surface area contributed by atoms with E-state index in [0.717, 1.165) is 22.2 Å². The van der Waals surface area contributed by atoms with Crippen LogP contribution in [-0.2, 0) is 16.1 Å². The first-order valence-corrected chi connectivity index (χ1v) is 10.9. The van der Waals surface area contributed by atoms with Crippen molar-refractivity contribution in [1.29, 1.82) is 0 Å². The van der Waals surface area contributed by atoms with Crippen LogP contribution in [0.3, 0.4) is 0 Å². The van der Waals surface area contributed by atoms with Crippen LogP contribution in [0.5, 0.6) is 5.75 Å². The quantitative estimate of drug-likeness (QED) is 0.330. The van der Waals surface area contributed by atoms with Gasteiger partial charge in [-0.15, -0.1) is 0 Å². The van der Waals surface area contributed by atoms with Gasteiger partial charge >= 0.3 is 0 Å². The van der Waals surface area contributed by atoms with Crippen molar-refractivity contribution in [1.82, 2.24) is 24.7 Å². The van der Waals surface area contributed by atoms with E-state index in [9.17, 15) is 9.59 Å². The fourth-order valence-electron chi connectivity index (χ4n) is 4.04. The molecule has 1 atom stereocenters. The van der Waals surface area contributed by atoms with Crippen LogP contribution in [0.15, 0.2) is 43.0 Å². The number of primary amides is 1. The average Bonchev–Trinajstić information content (AvgIpc) is 3.43. The molecule has 0 unspecified atom stereocenters. The summed E-state index contributed by atoms with van der Waals surface area (Å²) in [5, 5.41) is 11.4. The largest absolute Gasteiger partial charge is 0.482 e. The summed E-state index contributed by atoms with van der Waals surface area (Å²) in [5.41, 5.74) is 9.18. The van der Waals surface area contributed by atoms with Crippen molar-refractivity contribution < 1.29 is 14.3 Å². The van der Waals surface area contributed by atoms with E-state index in [2.05, 4.69) is 44.5 Å². The van der Waals surface area contributed by atoms with Gasteiger partial charge in [0, 0.05) is 11.8 Å². The molecule has 174 valence electrons. The molecule has 0 bridgehead atoms. The smallest absolute Gasteiger partial charge is 0.262 e. The molecule has 34 heavy (non-hydrogen) atoms. The Kier molecular flexibility index (Phi) is 5.36. The van der Waals surface area contributed by atoms with Crippen molar-refractivity contribution >= 4 is 34.4 Å². The van der Waals surface area contributed by atoms with Crippen LogP contribution in [0.1, 0.15) is 25.5 Å². The molecule has 1 aromatic carbocycles. The Hall–Kier alpha value is -4.41. The number of benzene rings is 1. The fraction of sp³-hybridized carbons (Fsp3) is 0.261. The molecule has 1 aliphatic rings. The van der Waals surface area contributed by atoms with Crippen LogP contribution in [-0.4, -0.2) is 43.2 Å². The van der Waals surface area contributed by atoms with Gasteiger partial charge in [0.2, 0.25) is 5.91 Å². The number of aromatic nitrogens is 5. The first-order chi connectivity index (χ1) is 16.4. The van der Waals surface area contributed by atoms with E-state index >= 15 is 0 Å². The Morgan fingerprint density at radius 3 is 2.94 bits per heavy atom. The summed E-state index contributed by atoms with van der Waals surface area (Å²) < 4.78 is 6.97. The topological polar surface area (TPSA) is 153 Å². The van der Waals surface area contributed by atoms with Gasteiger partial charge in [0.1, 0.15) is 30.1 Å². The minimum atomic E-state index is -0.461. The number of carbonyl (C=O) groups is 2. The molecule has 0 saturated carbocycles. The van der Waals surface area contributed by atoms with Crippen molar-refractivity contribution in [3.8, 4) is 17.0 Å². The highest BCUT2D eigenvalue weighted by molar-refractivity contribution is 5.95. The maximum absolute atomic E-state index is 11.8. The fourth-order valence-corrected chi connectivity index (χ4v) is 4.04.